The minimum atomic E-state index is -0.874. The number of carbonyl (C=O) groups is 1. The molecule has 0 fully saturated rings. The quantitative estimate of drug-likeness (QED) is 0.769. The Kier molecular flexibility index (Phi) is 3.14. The monoisotopic (exact) mass is 210 g/mol. The van der Waals surface area contributed by atoms with E-state index < -0.39 is 5.54 Å². The lowest BCUT2D eigenvalue weighted by Crippen LogP contribution is -2.45. The predicted molar refractivity (Wildman–Crippen MR) is 59.5 cm³/mol. The molecule has 0 saturated heterocycles. The Morgan fingerprint density at radius 1 is 1.67 bits per heavy atom. The molecular formula is C10H18N4O. The fourth-order valence-electron chi connectivity index (χ4n) is 1.18. The van der Waals surface area contributed by atoms with Gasteiger partial charge in [0.05, 0.1) is 16.9 Å². The summed E-state index contributed by atoms with van der Waals surface area (Å²) in [5, 5.41) is 7.00. The molecule has 1 aromatic rings. The van der Waals surface area contributed by atoms with E-state index in [2.05, 4.69) is 10.4 Å². The Bertz CT molecular complexity index is 362. The Balaban J connectivity index is 2.85. The normalized spacial score (nSPS) is 11.5. The number of amides is 1. The molecule has 15 heavy (non-hydrogen) atoms. The number of nitrogens with one attached hydrogen (secondary N) is 1. The summed E-state index contributed by atoms with van der Waals surface area (Å²) >= 11 is 0. The Morgan fingerprint density at radius 2 is 2.27 bits per heavy atom. The lowest BCUT2D eigenvalue weighted by atomic mass is 10.1. The molecule has 1 rings (SSSR count). The maximum absolute atomic E-state index is 11.6. The summed E-state index contributed by atoms with van der Waals surface area (Å²) in [7, 11) is 1.82. The lowest BCUT2D eigenvalue weighted by molar-refractivity contribution is -0.120. The fourth-order valence-corrected chi connectivity index (χ4v) is 1.18. The van der Waals surface area contributed by atoms with E-state index in [1.165, 1.54) is 0 Å². The molecule has 0 bridgehead atoms. The average Bonchev–Trinajstić information content (AvgIpc) is 2.44. The zero-order valence-electron chi connectivity index (χ0n) is 9.66. The molecule has 0 radical (unpaired) electrons. The molecule has 1 amide bonds. The van der Waals surface area contributed by atoms with E-state index in [4.69, 9.17) is 5.73 Å². The van der Waals surface area contributed by atoms with Crippen molar-refractivity contribution in [1.29, 1.82) is 0 Å². The maximum atomic E-state index is 11.6. The molecule has 0 saturated carbocycles. The van der Waals surface area contributed by atoms with Crippen molar-refractivity contribution in [1.82, 2.24) is 9.78 Å². The smallest absolute Gasteiger partial charge is 0.243 e. The molecule has 0 spiro atoms. The lowest BCUT2D eigenvalue weighted by Gasteiger charge is -2.17. The number of anilines is 1. The van der Waals surface area contributed by atoms with Crippen LogP contribution in [0.2, 0.25) is 0 Å². The van der Waals surface area contributed by atoms with Crippen molar-refractivity contribution >= 4 is 11.6 Å². The number of aromatic nitrogens is 2. The molecule has 1 heterocycles. The zero-order valence-corrected chi connectivity index (χ0v) is 9.66. The number of nitrogens with two attached hydrogens (primary N) is 1. The van der Waals surface area contributed by atoms with Crippen molar-refractivity contribution in [2.75, 3.05) is 5.32 Å². The molecule has 1 aromatic heterocycles. The van der Waals surface area contributed by atoms with E-state index >= 15 is 0 Å². The highest BCUT2D eigenvalue weighted by Crippen LogP contribution is 2.15. The van der Waals surface area contributed by atoms with E-state index in [9.17, 15) is 4.79 Å². The van der Waals surface area contributed by atoms with Gasteiger partial charge in [-0.1, -0.05) is 6.92 Å². The van der Waals surface area contributed by atoms with Gasteiger partial charge in [0.2, 0.25) is 5.91 Å². The topological polar surface area (TPSA) is 72.9 Å². The van der Waals surface area contributed by atoms with Gasteiger partial charge in [-0.05, 0) is 20.3 Å². The highest BCUT2D eigenvalue weighted by atomic mass is 16.2. The van der Waals surface area contributed by atoms with Crippen molar-refractivity contribution in [2.24, 2.45) is 12.8 Å². The summed E-state index contributed by atoms with van der Waals surface area (Å²) in [6.45, 7) is 5.33. The van der Waals surface area contributed by atoms with Crippen molar-refractivity contribution in [3.05, 3.63) is 11.9 Å². The van der Waals surface area contributed by atoms with E-state index in [-0.39, 0.29) is 5.91 Å². The van der Waals surface area contributed by atoms with Crippen LogP contribution in [-0.2, 0) is 18.3 Å². The highest BCUT2D eigenvalue weighted by Gasteiger charge is 2.23. The van der Waals surface area contributed by atoms with E-state index in [1.54, 1.807) is 24.7 Å². The maximum Gasteiger partial charge on any atom is 0.243 e. The van der Waals surface area contributed by atoms with Gasteiger partial charge >= 0.3 is 0 Å². The van der Waals surface area contributed by atoms with Gasteiger partial charge in [-0.25, -0.2) is 0 Å². The number of carbonyl (C=O) groups excluding carboxylic acids is 1. The van der Waals surface area contributed by atoms with Gasteiger partial charge in [0.25, 0.3) is 0 Å². The first-order valence-corrected chi connectivity index (χ1v) is 4.97. The van der Waals surface area contributed by atoms with Gasteiger partial charge < -0.3 is 11.1 Å². The summed E-state index contributed by atoms with van der Waals surface area (Å²) in [4.78, 5) is 11.6. The summed E-state index contributed by atoms with van der Waals surface area (Å²) in [6.07, 6.45) is 2.56. The Labute approximate surface area is 89.6 Å². The van der Waals surface area contributed by atoms with Crippen molar-refractivity contribution in [3.63, 3.8) is 0 Å². The summed E-state index contributed by atoms with van der Waals surface area (Å²) < 4.78 is 1.68. The average molecular weight is 210 g/mol. The van der Waals surface area contributed by atoms with Crippen LogP contribution in [0.1, 0.15) is 26.5 Å². The van der Waals surface area contributed by atoms with Crippen LogP contribution >= 0.6 is 0 Å². The first-order valence-electron chi connectivity index (χ1n) is 4.97. The molecule has 0 aliphatic rings. The highest BCUT2D eigenvalue weighted by molar-refractivity contribution is 5.97. The zero-order chi connectivity index (χ0) is 11.6. The van der Waals surface area contributed by atoms with Crippen LogP contribution in [-0.4, -0.2) is 21.2 Å². The molecule has 0 aliphatic carbocycles. The first kappa shape index (κ1) is 11.7. The van der Waals surface area contributed by atoms with Crippen LogP contribution in [0.3, 0.4) is 0 Å². The molecular weight excluding hydrogens is 192 g/mol. The molecule has 0 aliphatic heterocycles. The second-order valence-electron chi connectivity index (χ2n) is 4.19. The minimum Gasteiger partial charge on any atom is -0.322 e. The predicted octanol–water partition coefficient (Wildman–Crippen LogP) is 0.658. The van der Waals surface area contributed by atoms with E-state index in [0.29, 0.717) is 0 Å². The molecule has 0 aromatic carbocycles. The van der Waals surface area contributed by atoms with Gasteiger partial charge in [0, 0.05) is 13.2 Å². The fraction of sp³-hybridized carbons (Fsp3) is 0.600. The van der Waals surface area contributed by atoms with E-state index in [1.807, 2.05) is 14.0 Å². The van der Waals surface area contributed by atoms with Crippen molar-refractivity contribution < 1.29 is 4.79 Å². The second-order valence-corrected chi connectivity index (χ2v) is 4.19. The molecule has 5 nitrogen and oxygen atoms in total. The van der Waals surface area contributed by atoms with Gasteiger partial charge in [0.15, 0.2) is 0 Å². The Hall–Kier alpha value is -1.36. The van der Waals surface area contributed by atoms with Gasteiger partial charge in [0.1, 0.15) is 0 Å². The molecule has 0 unspecified atom stereocenters. The number of rotatable bonds is 3. The number of hydrogen-bond acceptors (Lipinski definition) is 3. The van der Waals surface area contributed by atoms with Gasteiger partial charge in [-0.15, -0.1) is 0 Å². The van der Waals surface area contributed by atoms with Gasteiger partial charge in [-0.3, -0.25) is 9.48 Å². The molecule has 3 N–H and O–H groups in total. The third-order valence-electron chi connectivity index (χ3n) is 2.07. The summed E-state index contributed by atoms with van der Waals surface area (Å²) in [6, 6.07) is 0. The van der Waals surface area contributed by atoms with Crippen molar-refractivity contribution in [3.8, 4) is 0 Å². The van der Waals surface area contributed by atoms with Crippen LogP contribution < -0.4 is 11.1 Å². The van der Waals surface area contributed by atoms with Crippen LogP contribution in [0, 0.1) is 0 Å². The largest absolute Gasteiger partial charge is 0.322 e. The first-order chi connectivity index (χ1) is 6.84. The molecule has 0 atom stereocenters. The Morgan fingerprint density at radius 3 is 2.73 bits per heavy atom. The number of nitrogens with zero attached hydrogens (tertiary/aromatic N) is 2. The summed E-state index contributed by atoms with van der Waals surface area (Å²) in [5.74, 6) is -0.204. The molecule has 84 valence electrons. The third-order valence-corrected chi connectivity index (χ3v) is 2.07. The SMILES string of the molecule is CCc1nn(C)cc1NC(=O)C(C)(C)N. The van der Waals surface area contributed by atoms with Crippen LogP contribution in [0.15, 0.2) is 6.20 Å². The van der Waals surface area contributed by atoms with Crippen LogP contribution in [0.25, 0.3) is 0 Å². The standard InChI is InChI=1S/C10H18N4O/c1-5-7-8(6-14(4)13-7)12-9(15)10(2,3)11/h6H,5,11H2,1-4H3,(H,12,15). The van der Waals surface area contributed by atoms with E-state index in [0.717, 1.165) is 17.8 Å². The number of hydrogen-bond donors (Lipinski definition) is 2. The van der Waals surface area contributed by atoms with Gasteiger partial charge in [-0.2, -0.15) is 5.10 Å². The molecule has 5 heteroatoms. The van der Waals surface area contributed by atoms with Crippen molar-refractivity contribution in [2.45, 2.75) is 32.7 Å². The van der Waals surface area contributed by atoms with Crippen LogP contribution in [0.4, 0.5) is 5.69 Å². The third kappa shape index (κ3) is 2.79. The summed E-state index contributed by atoms with van der Waals surface area (Å²) in [5.41, 5.74) is 6.42. The minimum absolute atomic E-state index is 0.204. The van der Waals surface area contributed by atoms with Crippen LogP contribution in [0.5, 0.6) is 0 Å². The number of aryl methyl sites for hydroxylation is 2. The second kappa shape index (κ2) is 4.02.